The molecule has 5 nitrogen and oxygen atoms in total. The van der Waals surface area contributed by atoms with Crippen LogP contribution in [-0.4, -0.2) is 15.6 Å². The number of rotatable bonds is 1. The molecule has 0 bridgehead atoms. The molecule has 21 heavy (non-hydrogen) atoms. The molecule has 108 valence electrons. The Morgan fingerprint density at radius 1 is 1.43 bits per heavy atom. The molecule has 3 rings (SSSR count). The van der Waals surface area contributed by atoms with Crippen LogP contribution in [0.2, 0.25) is 10.0 Å². The normalized spacial score (nSPS) is 12.3. The first-order chi connectivity index (χ1) is 9.97. The van der Waals surface area contributed by atoms with Crippen molar-refractivity contribution in [2.24, 2.45) is 12.0 Å². The summed E-state index contributed by atoms with van der Waals surface area (Å²) in [7, 11) is 1.78. The third-order valence-corrected chi connectivity index (χ3v) is 4.79. The highest BCUT2D eigenvalue weighted by Crippen LogP contribution is 2.31. The Balaban J connectivity index is 2.17. The number of amides is 1. The molecular weight excluding hydrogens is 333 g/mol. The molecular formula is C13H9Cl2N3O2S. The van der Waals surface area contributed by atoms with Gasteiger partial charge in [0.1, 0.15) is 5.76 Å². The highest BCUT2D eigenvalue weighted by atomic mass is 35.5. The number of fused-ring (bicyclic) bond motifs is 1. The summed E-state index contributed by atoms with van der Waals surface area (Å²) in [6.07, 6.45) is 0. The number of aromatic nitrogens is 2. The fourth-order valence-electron chi connectivity index (χ4n) is 1.89. The smallest absolute Gasteiger partial charge is 0.301 e. The van der Waals surface area contributed by atoms with Gasteiger partial charge in [0.05, 0.1) is 20.3 Å². The van der Waals surface area contributed by atoms with Crippen LogP contribution in [0.25, 0.3) is 10.2 Å². The first-order valence-electron chi connectivity index (χ1n) is 5.93. The SMILES string of the molecule is Cc1cc(C(=O)N=c2sc3ccc(Cl)c(Cl)c3n2C)no1. The van der Waals surface area contributed by atoms with E-state index in [1.165, 1.54) is 11.3 Å². The molecule has 0 radical (unpaired) electrons. The van der Waals surface area contributed by atoms with Gasteiger partial charge in [-0.3, -0.25) is 4.79 Å². The van der Waals surface area contributed by atoms with Crippen LogP contribution in [0.3, 0.4) is 0 Å². The van der Waals surface area contributed by atoms with E-state index in [4.69, 9.17) is 27.7 Å². The van der Waals surface area contributed by atoms with Gasteiger partial charge in [0.15, 0.2) is 10.5 Å². The topological polar surface area (TPSA) is 60.4 Å². The number of benzene rings is 1. The average Bonchev–Trinajstić information content (AvgIpc) is 3.00. The van der Waals surface area contributed by atoms with E-state index in [1.54, 1.807) is 30.7 Å². The van der Waals surface area contributed by atoms with Gasteiger partial charge in [-0.25, -0.2) is 0 Å². The molecule has 0 spiro atoms. The third kappa shape index (κ3) is 2.50. The standard InChI is InChI=1S/C13H9Cl2N3O2S/c1-6-5-8(17-20-6)12(19)16-13-18(2)11-9(21-13)4-3-7(14)10(11)15/h3-5H,1-2H3. The minimum atomic E-state index is -0.462. The van der Waals surface area contributed by atoms with Crippen LogP contribution >= 0.6 is 34.5 Å². The number of halogens is 2. The molecule has 0 N–H and O–H groups in total. The van der Waals surface area contributed by atoms with Crippen molar-refractivity contribution in [2.75, 3.05) is 0 Å². The molecule has 0 atom stereocenters. The molecule has 0 aliphatic carbocycles. The average molecular weight is 342 g/mol. The van der Waals surface area contributed by atoms with Crippen LogP contribution in [0.1, 0.15) is 16.2 Å². The summed E-state index contributed by atoms with van der Waals surface area (Å²) >= 11 is 13.6. The van der Waals surface area contributed by atoms with Crippen molar-refractivity contribution >= 4 is 50.7 Å². The van der Waals surface area contributed by atoms with Crippen LogP contribution in [0.4, 0.5) is 0 Å². The van der Waals surface area contributed by atoms with Gasteiger partial charge in [0.25, 0.3) is 0 Å². The molecule has 0 saturated heterocycles. The number of hydrogen-bond donors (Lipinski definition) is 0. The van der Waals surface area contributed by atoms with Gasteiger partial charge in [-0.1, -0.05) is 39.7 Å². The summed E-state index contributed by atoms with van der Waals surface area (Å²) in [5, 5.41) is 4.56. The van der Waals surface area contributed by atoms with Gasteiger partial charge in [-0.15, -0.1) is 0 Å². The van der Waals surface area contributed by atoms with Gasteiger partial charge in [0, 0.05) is 13.1 Å². The van der Waals surface area contributed by atoms with Crippen LogP contribution in [0.15, 0.2) is 27.7 Å². The van der Waals surface area contributed by atoms with Gasteiger partial charge in [0.2, 0.25) is 0 Å². The fourth-order valence-corrected chi connectivity index (χ4v) is 3.41. The van der Waals surface area contributed by atoms with Crippen LogP contribution in [-0.2, 0) is 7.05 Å². The van der Waals surface area contributed by atoms with E-state index >= 15 is 0 Å². The van der Waals surface area contributed by atoms with Crippen molar-refractivity contribution in [2.45, 2.75) is 6.92 Å². The lowest BCUT2D eigenvalue weighted by Crippen LogP contribution is -2.13. The molecule has 0 aliphatic heterocycles. The Labute approximate surface area is 133 Å². The summed E-state index contributed by atoms with van der Waals surface area (Å²) in [6.45, 7) is 1.71. The lowest BCUT2D eigenvalue weighted by Gasteiger charge is -1.99. The monoisotopic (exact) mass is 341 g/mol. The van der Waals surface area contributed by atoms with Crippen molar-refractivity contribution in [3.8, 4) is 0 Å². The molecule has 0 fully saturated rings. The Kier molecular flexibility index (Phi) is 3.61. The van der Waals surface area contributed by atoms with E-state index in [2.05, 4.69) is 10.1 Å². The lowest BCUT2D eigenvalue weighted by molar-refractivity contribution is 0.0989. The molecule has 1 amide bonds. The first kappa shape index (κ1) is 14.3. The second kappa shape index (κ2) is 5.29. The molecule has 2 heterocycles. The minimum Gasteiger partial charge on any atom is -0.361 e. The zero-order chi connectivity index (χ0) is 15.1. The zero-order valence-electron chi connectivity index (χ0n) is 11.1. The number of aryl methyl sites for hydroxylation is 2. The summed E-state index contributed by atoms with van der Waals surface area (Å²) in [4.78, 5) is 16.6. The van der Waals surface area contributed by atoms with E-state index in [0.717, 1.165) is 10.2 Å². The summed E-state index contributed by atoms with van der Waals surface area (Å²) < 4.78 is 7.51. The van der Waals surface area contributed by atoms with Gasteiger partial charge in [-0.05, 0) is 19.1 Å². The minimum absolute atomic E-state index is 0.175. The molecule has 0 aliphatic rings. The Morgan fingerprint density at radius 2 is 2.19 bits per heavy atom. The second-order valence-electron chi connectivity index (χ2n) is 4.39. The molecule has 2 aromatic heterocycles. The van der Waals surface area contributed by atoms with E-state index in [0.29, 0.717) is 20.6 Å². The number of nitrogens with zero attached hydrogens (tertiary/aromatic N) is 3. The molecule has 3 aromatic rings. The maximum atomic E-state index is 12.1. The molecule has 1 aromatic carbocycles. The van der Waals surface area contributed by atoms with Crippen LogP contribution in [0.5, 0.6) is 0 Å². The maximum Gasteiger partial charge on any atom is 0.301 e. The Bertz CT molecular complexity index is 923. The largest absolute Gasteiger partial charge is 0.361 e. The maximum absolute atomic E-state index is 12.1. The first-order valence-corrected chi connectivity index (χ1v) is 7.50. The summed E-state index contributed by atoms with van der Waals surface area (Å²) in [6, 6.07) is 5.11. The quantitative estimate of drug-likeness (QED) is 0.679. The second-order valence-corrected chi connectivity index (χ2v) is 6.19. The predicted molar refractivity (Wildman–Crippen MR) is 81.9 cm³/mol. The lowest BCUT2D eigenvalue weighted by atomic mass is 10.3. The fraction of sp³-hybridized carbons (Fsp3) is 0.154. The molecule has 8 heteroatoms. The zero-order valence-corrected chi connectivity index (χ0v) is 13.4. The summed E-state index contributed by atoms with van der Waals surface area (Å²) in [5.74, 6) is 0.0975. The molecule has 0 saturated carbocycles. The van der Waals surface area contributed by atoms with E-state index in [9.17, 15) is 4.79 Å². The van der Waals surface area contributed by atoms with E-state index in [1.807, 2.05) is 6.07 Å². The van der Waals surface area contributed by atoms with Crippen molar-refractivity contribution in [1.82, 2.24) is 9.72 Å². The van der Waals surface area contributed by atoms with E-state index < -0.39 is 5.91 Å². The Morgan fingerprint density at radius 3 is 2.86 bits per heavy atom. The van der Waals surface area contributed by atoms with Gasteiger partial charge < -0.3 is 9.09 Å². The van der Waals surface area contributed by atoms with Crippen LogP contribution in [0, 0.1) is 6.92 Å². The van der Waals surface area contributed by atoms with Gasteiger partial charge in [-0.2, -0.15) is 4.99 Å². The number of thiazole rings is 1. The number of carbonyl (C=O) groups is 1. The molecule has 0 unspecified atom stereocenters. The van der Waals surface area contributed by atoms with Crippen molar-refractivity contribution in [3.05, 3.63) is 44.5 Å². The van der Waals surface area contributed by atoms with Crippen molar-refractivity contribution < 1.29 is 9.32 Å². The predicted octanol–water partition coefficient (Wildman–Crippen LogP) is 3.58. The third-order valence-electron chi connectivity index (χ3n) is 2.90. The highest BCUT2D eigenvalue weighted by Gasteiger charge is 2.13. The number of carbonyl (C=O) groups excluding carboxylic acids is 1. The van der Waals surface area contributed by atoms with Gasteiger partial charge >= 0.3 is 5.91 Å². The number of hydrogen-bond acceptors (Lipinski definition) is 4. The van der Waals surface area contributed by atoms with Crippen LogP contribution < -0.4 is 4.80 Å². The van der Waals surface area contributed by atoms with E-state index in [-0.39, 0.29) is 5.69 Å². The van der Waals surface area contributed by atoms with Crippen molar-refractivity contribution in [3.63, 3.8) is 0 Å². The summed E-state index contributed by atoms with van der Waals surface area (Å²) in [5.41, 5.74) is 0.922. The highest BCUT2D eigenvalue weighted by molar-refractivity contribution is 7.16. The Hall–Kier alpha value is -1.63. The van der Waals surface area contributed by atoms with Crippen molar-refractivity contribution in [1.29, 1.82) is 0 Å².